The Labute approximate surface area is 157 Å². The van der Waals surface area contributed by atoms with Gasteiger partial charge in [0.2, 0.25) is 0 Å². The van der Waals surface area contributed by atoms with Gasteiger partial charge < -0.3 is 9.30 Å². The van der Waals surface area contributed by atoms with Gasteiger partial charge in [0.15, 0.2) is 0 Å². The van der Waals surface area contributed by atoms with Gasteiger partial charge in [0, 0.05) is 24.6 Å². The highest BCUT2D eigenvalue weighted by molar-refractivity contribution is 5.88. The first-order valence-electron chi connectivity index (χ1n) is 8.85. The second kappa shape index (κ2) is 6.06. The van der Waals surface area contributed by atoms with Crippen molar-refractivity contribution in [3.05, 3.63) is 78.0 Å². The molecule has 5 rings (SSSR count). The van der Waals surface area contributed by atoms with E-state index < -0.39 is 0 Å². The van der Waals surface area contributed by atoms with Gasteiger partial charge >= 0.3 is 0 Å². The van der Waals surface area contributed by atoms with Gasteiger partial charge in [-0.05, 0) is 29.8 Å². The number of fused-ring (bicyclic) bond motifs is 2. The lowest BCUT2D eigenvalue weighted by molar-refractivity contribution is 0.415. The number of benzene rings is 2. The van der Waals surface area contributed by atoms with E-state index in [0.717, 1.165) is 57.0 Å². The summed E-state index contributed by atoms with van der Waals surface area (Å²) in [6.07, 6.45) is 6.69. The van der Waals surface area contributed by atoms with Gasteiger partial charge in [-0.2, -0.15) is 0 Å². The lowest BCUT2D eigenvalue weighted by atomic mass is 10.0. The Hall–Kier alpha value is -3.47. The zero-order valence-electron chi connectivity index (χ0n) is 15.2. The Morgan fingerprint density at radius 2 is 1.96 bits per heavy atom. The number of imidazole rings is 1. The fourth-order valence-corrected chi connectivity index (χ4v) is 3.54. The van der Waals surface area contributed by atoms with Gasteiger partial charge in [0.25, 0.3) is 0 Å². The minimum atomic E-state index is 0.805. The Morgan fingerprint density at radius 1 is 1.04 bits per heavy atom. The van der Waals surface area contributed by atoms with E-state index in [1.807, 2.05) is 48.4 Å². The van der Waals surface area contributed by atoms with Gasteiger partial charge in [-0.3, -0.25) is 4.98 Å². The first-order chi connectivity index (χ1) is 13.2. The SMILES string of the molecule is COc1cccc(-c2cnc3c(n2)C(c2ccc4ncn(C)c4c2)=CC3)c1. The van der Waals surface area contributed by atoms with Crippen molar-refractivity contribution in [2.24, 2.45) is 7.05 Å². The average molecular weight is 354 g/mol. The number of ether oxygens (including phenoxy) is 1. The third-order valence-corrected chi connectivity index (χ3v) is 5.00. The van der Waals surface area contributed by atoms with Crippen LogP contribution in [0.4, 0.5) is 0 Å². The number of nitrogens with zero attached hydrogens (tertiary/aromatic N) is 4. The minimum Gasteiger partial charge on any atom is -0.497 e. The molecule has 0 spiro atoms. The molecule has 2 aromatic heterocycles. The highest BCUT2D eigenvalue weighted by atomic mass is 16.5. The second-order valence-corrected chi connectivity index (χ2v) is 6.66. The van der Waals surface area contributed by atoms with Gasteiger partial charge in [0.05, 0.1) is 47.7 Å². The van der Waals surface area contributed by atoms with E-state index in [9.17, 15) is 0 Å². The highest BCUT2D eigenvalue weighted by Gasteiger charge is 2.20. The highest BCUT2D eigenvalue weighted by Crippen LogP contribution is 2.33. The molecule has 2 aromatic carbocycles. The zero-order chi connectivity index (χ0) is 18.4. The average Bonchev–Trinajstić information content (AvgIpc) is 3.31. The molecule has 0 amide bonds. The molecule has 0 bridgehead atoms. The largest absolute Gasteiger partial charge is 0.497 e. The van der Waals surface area contributed by atoms with Gasteiger partial charge in [-0.15, -0.1) is 0 Å². The van der Waals surface area contributed by atoms with E-state index in [2.05, 4.69) is 34.2 Å². The maximum Gasteiger partial charge on any atom is 0.119 e. The number of rotatable bonds is 3. The molecule has 5 nitrogen and oxygen atoms in total. The topological polar surface area (TPSA) is 52.8 Å². The van der Waals surface area contributed by atoms with E-state index in [-0.39, 0.29) is 0 Å². The van der Waals surface area contributed by atoms with E-state index in [0.29, 0.717) is 0 Å². The number of aryl methyl sites for hydroxylation is 1. The van der Waals surface area contributed by atoms with Crippen molar-refractivity contribution in [2.75, 3.05) is 7.11 Å². The quantitative estimate of drug-likeness (QED) is 0.557. The summed E-state index contributed by atoms with van der Waals surface area (Å²) in [6.45, 7) is 0. The molecule has 27 heavy (non-hydrogen) atoms. The molecule has 0 N–H and O–H groups in total. The van der Waals surface area contributed by atoms with E-state index in [1.165, 1.54) is 0 Å². The van der Waals surface area contributed by atoms with Crippen LogP contribution in [0.5, 0.6) is 5.75 Å². The van der Waals surface area contributed by atoms with Crippen molar-refractivity contribution >= 4 is 16.6 Å². The smallest absolute Gasteiger partial charge is 0.119 e. The van der Waals surface area contributed by atoms with Gasteiger partial charge in [0.1, 0.15) is 5.75 Å². The monoisotopic (exact) mass is 354 g/mol. The minimum absolute atomic E-state index is 0.805. The molecule has 5 heteroatoms. The summed E-state index contributed by atoms with van der Waals surface area (Å²) >= 11 is 0. The molecule has 1 aliphatic rings. The predicted molar refractivity (Wildman–Crippen MR) is 106 cm³/mol. The van der Waals surface area contributed by atoms with Crippen LogP contribution < -0.4 is 4.74 Å². The van der Waals surface area contributed by atoms with Crippen LogP contribution in [0.25, 0.3) is 27.9 Å². The zero-order valence-corrected chi connectivity index (χ0v) is 15.2. The molecule has 2 heterocycles. The van der Waals surface area contributed by atoms with Crippen LogP contribution in [0.3, 0.4) is 0 Å². The Kier molecular flexibility index (Phi) is 3.53. The molecule has 0 atom stereocenters. The summed E-state index contributed by atoms with van der Waals surface area (Å²) < 4.78 is 7.37. The Bertz CT molecular complexity index is 1210. The molecular formula is C22H18N4O. The second-order valence-electron chi connectivity index (χ2n) is 6.66. The fraction of sp³-hybridized carbons (Fsp3) is 0.136. The van der Waals surface area contributed by atoms with Crippen molar-refractivity contribution in [3.63, 3.8) is 0 Å². The molecule has 0 saturated heterocycles. The molecule has 4 aromatic rings. The summed E-state index contributed by atoms with van der Waals surface area (Å²) in [6, 6.07) is 14.2. The standard InChI is InChI=1S/C22H18N4O/c1-26-13-24-18-8-6-14(11-21(18)26)17-7-9-19-22(17)25-20(12-23-19)15-4-3-5-16(10-15)27-2/h3-8,10-13H,9H2,1-2H3. The summed E-state index contributed by atoms with van der Waals surface area (Å²) in [7, 11) is 3.68. The van der Waals surface area contributed by atoms with Crippen LogP contribution in [0.15, 0.2) is 61.1 Å². The van der Waals surface area contributed by atoms with E-state index in [1.54, 1.807) is 7.11 Å². The maximum atomic E-state index is 5.34. The number of hydrogen-bond acceptors (Lipinski definition) is 4. The molecule has 0 fully saturated rings. The normalized spacial score (nSPS) is 12.9. The first-order valence-corrected chi connectivity index (χ1v) is 8.85. The number of methoxy groups -OCH3 is 1. The summed E-state index contributed by atoms with van der Waals surface area (Å²) in [5.74, 6) is 0.812. The third kappa shape index (κ3) is 2.59. The van der Waals surface area contributed by atoms with Gasteiger partial charge in [-0.25, -0.2) is 9.97 Å². The number of allylic oxidation sites excluding steroid dienone is 1. The van der Waals surface area contributed by atoms with E-state index >= 15 is 0 Å². The van der Waals surface area contributed by atoms with Crippen LogP contribution >= 0.6 is 0 Å². The van der Waals surface area contributed by atoms with Crippen molar-refractivity contribution in [3.8, 4) is 17.0 Å². The van der Waals surface area contributed by atoms with Crippen molar-refractivity contribution in [2.45, 2.75) is 6.42 Å². The lowest BCUT2D eigenvalue weighted by Crippen LogP contribution is -1.98. The van der Waals surface area contributed by atoms with Crippen LogP contribution in [-0.4, -0.2) is 26.6 Å². The van der Waals surface area contributed by atoms with Crippen LogP contribution in [0.2, 0.25) is 0 Å². The molecule has 132 valence electrons. The molecule has 0 unspecified atom stereocenters. The first kappa shape index (κ1) is 15.8. The molecule has 1 aliphatic carbocycles. The summed E-state index contributed by atoms with van der Waals surface area (Å²) in [5, 5.41) is 0. The molecule has 0 aliphatic heterocycles. The van der Waals surface area contributed by atoms with Gasteiger partial charge in [-0.1, -0.05) is 24.3 Å². The lowest BCUT2D eigenvalue weighted by Gasteiger charge is -2.09. The summed E-state index contributed by atoms with van der Waals surface area (Å²) in [5.41, 5.74) is 8.20. The molecule has 0 radical (unpaired) electrons. The van der Waals surface area contributed by atoms with Crippen molar-refractivity contribution in [1.82, 2.24) is 19.5 Å². The Morgan fingerprint density at radius 3 is 2.85 bits per heavy atom. The predicted octanol–water partition coefficient (Wildman–Crippen LogP) is 4.03. The van der Waals surface area contributed by atoms with Crippen molar-refractivity contribution < 1.29 is 4.74 Å². The number of aromatic nitrogens is 4. The Balaban J connectivity index is 1.59. The molecule has 0 saturated carbocycles. The van der Waals surface area contributed by atoms with Crippen LogP contribution in [0, 0.1) is 0 Å². The summed E-state index contributed by atoms with van der Waals surface area (Å²) in [4.78, 5) is 14.0. The fourth-order valence-electron chi connectivity index (χ4n) is 3.54. The van der Waals surface area contributed by atoms with Crippen LogP contribution in [0.1, 0.15) is 17.0 Å². The van der Waals surface area contributed by atoms with Crippen LogP contribution in [-0.2, 0) is 13.5 Å². The number of hydrogen-bond donors (Lipinski definition) is 0. The molecular weight excluding hydrogens is 336 g/mol. The maximum absolute atomic E-state index is 5.34. The van der Waals surface area contributed by atoms with E-state index in [4.69, 9.17) is 9.72 Å². The van der Waals surface area contributed by atoms with Crippen molar-refractivity contribution in [1.29, 1.82) is 0 Å². The third-order valence-electron chi connectivity index (χ3n) is 5.00.